The van der Waals surface area contributed by atoms with E-state index in [0.717, 1.165) is 23.5 Å². The van der Waals surface area contributed by atoms with Crippen LogP contribution in [0.2, 0.25) is 0 Å². The van der Waals surface area contributed by atoms with E-state index in [1.807, 2.05) is 30.5 Å². The maximum Gasteiger partial charge on any atom is 0.275 e. The van der Waals surface area contributed by atoms with Crippen LogP contribution in [0.1, 0.15) is 23.8 Å². The second-order valence-electron chi connectivity index (χ2n) is 4.37. The van der Waals surface area contributed by atoms with Gasteiger partial charge in [0.15, 0.2) is 0 Å². The highest BCUT2D eigenvalue weighted by molar-refractivity contribution is 7.98. The van der Waals surface area contributed by atoms with Crippen molar-refractivity contribution in [3.63, 3.8) is 0 Å². The van der Waals surface area contributed by atoms with E-state index in [0.29, 0.717) is 11.5 Å². The van der Waals surface area contributed by atoms with E-state index < -0.39 is 0 Å². The number of thioether (sulfide) groups is 1. The molecular weight excluding hydrogens is 284 g/mol. The van der Waals surface area contributed by atoms with Crippen LogP contribution in [0.3, 0.4) is 0 Å². The average molecular weight is 302 g/mol. The van der Waals surface area contributed by atoms with Crippen LogP contribution in [-0.2, 0) is 0 Å². The molecule has 1 aromatic heterocycles. The quantitative estimate of drug-likeness (QED) is 0.802. The van der Waals surface area contributed by atoms with Crippen LogP contribution in [-0.4, -0.2) is 28.7 Å². The van der Waals surface area contributed by atoms with E-state index >= 15 is 0 Å². The molecule has 0 spiro atoms. The zero-order chi connectivity index (χ0) is 15.1. The highest BCUT2D eigenvalue weighted by atomic mass is 32.2. The van der Waals surface area contributed by atoms with Gasteiger partial charge in [-0.25, -0.2) is 4.98 Å². The third-order valence-electron chi connectivity index (χ3n) is 2.78. The maximum absolute atomic E-state index is 12.3. The Morgan fingerprint density at radius 1 is 1.29 bits per heavy atom. The standard InChI is InChI=1S/C15H18N4OS/c1-3-8-17-14-10-16-9-12(18-14)15(20)19-11-6-4-5-7-13(11)21-2/h4-7,9-10H,3,8H2,1-2H3,(H,17,18)(H,19,20). The van der Waals surface area contributed by atoms with Crippen LogP contribution < -0.4 is 10.6 Å². The Kier molecular flexibility index (Phi) is 5.57. The second-order valence-corrected chi connectivity index (χ2v) is 5.22. The van der Waals surface area contributed by atoms with Crippen LogP contribution in [0.25, 0.3) is 0 Å². The molecule has 5 nitrogen and oxygen atoms in total. The first kappa shape index (κ1) is 15.3. The number of aromatic nitrogens is 2. The zero-order valence-electron chi connectivity index (χ0n) is 12.1. The number of hydrogen-bond acceptors (Lipinski definition) is 5. The predicted octanol–water partition coefficient (Wildman–Crippen LogP) is 3.27. The van der Waals surface area contributed by atoms with Crippen molar-refractivity contribution in [3.8, 4) is 0 Å². The first-order chi connectivity index (χ1) is 10.2. The molecule has 0 fully saturated rings. The van der Waals surface area contributed by atoms with Gasteiger partial charge in [-0.15, -0.1) is 11.8 Å². The second kappa shape index (κ2) is 7.64. The van der Waals surface area contributed by atoms with Crippen molar-refractivity contribution in [1.29, 1.82) is 0 Å². The number of carbonyl (C=O) groups is 1. The van der Waals surface area contributed by atoms with Crippen molar-refractivity contribution in [2.45, 2.75) is 18.2 Å². The van der Waals surface area contributed by atoms with E-state index in [1.165, 1.54) is 6.20 Å². The van der Waals surface area contributed by atoms with Crippen molar-refractivity contribution in [2.75, 3.05) is 23.4 Å². The van der Waals surface area contributed by atoms with Gasteiger partial charge in [-0.3, -0.25) is 9.78 Å². The molecule has 6 heteroatoms. The Morgan fingerprint density at radius 2 is 2.10 bits per heavy atom. The van der Waals surface area contributed by atoms with Gasteiger partial charge in [-0.2, -0.15) is 0 Å². The minimum absolute atomic E-state index is 0.260. The SMILES string of the molecule is CCCNc1cncc(C(=O)Nc2ccccc2SC)n1. The molecule has 2 N–H and O–H groups in total. The Hall–Kier alpha value is -2.08. The Balaban J connectivity index is 2.13. The molecule has 0 unspecified atom stereocenters. The summed E-state index contributed by atoms with van der Waals surface area (Å²) in [5.41, 5.74) is 1.08. The lowest BCUT2D eigenvalue weighted by atomic mass is 10.3. The van der Waals surface area contributed by atoms with Crippen LogP contribution in [0.5, 0.6) is 0 Å². The molecule has 0 bridgehead atoms. The molecule has 1 aromatic carbocycles. The van der Waals surface area contributed by atoms with Gasteiger partial charge in [-0.05, 0) is 24.8 Å². The molecule has 2 rings (SSSR count). The summed E-state index contributed by atoms with van der Waals surface area (Å²) < 4.78 is 0. The number of carbonyl (C=O) groups excluding carboxylic acids is 1. The largest absolute Gasteiger partial charge is 0.369 e. The lowest BCUT2D eigenvalue weighted by Gasteiger charge is -2.09. The summed E-state index contributed by atoms with van der Waals surface area (Å²) in [7, 11) is 0. The van der Waals surface area contributed by atoms with Gasteiger partial charge >= 0.3 is 0 Å². The molecule has 2 aromatic rings. The third kappa shape index (κ3) is 4.19. The van der Waals surface area contributed by atoms with Gasteiger partial charge in [0.1, 0.15) is 11.5 Å². The Bertz CT molecular complexity index is 618. The molecule has 1 amide bonds. The van der Waals surface area contributed by atoms with Gasteiger partial charge in [0.25, 0.3) is 5.91 Å². The summed E-state index contributed by atoms with van der Waals surface area (Å²) in [5.74, 6) is 0.354. The van der Waals surface area contributed by atoms with Crippen molar-refractivity contribution in [2.24, 2.45) is 0 Å². The van der Waals surface area contributed by atoms with Gasteiger partial charge < -0.3 is 10.6 Å². The minimum atomic E-state index is -0.260. The van der Waals surface area contributed by atoms with Gasteiger partial charge in [0.2, 0.25) is 0 Å². The van der Waals surface area contributed by atoms with E-state index in [4.69, 9.17) is 0 Å². The smallest absolute Gasteiger partial charge is 0.275 e. The Morgan fingerprint density at radius 3 is 2.86 bits per heavy atom. The fourth-order valence-corrected chi connectivity index (χ4v) is 2.30. The number of hydrogen-bond donors (Lipinski definition) is 2. The fraction of sp³-hybridized carbons (Fsp3) is 0.267. The Labute approximate surface area is 128 Å². The molecular formula is C15H18N4OS. The topological polar surface area (TPSA) is 66.9 Å². The maximum atomic E-state index is 12.3. The fourth-order valence-electron chi connectivity index (χ4n) is 1.75. The highest BCUT2D eigenvalue weighted by Gasteiger charge is 2.11. The van der Waals surface area contributed by atoms with E-state index in [-0.39, 0.29) is 5.91 Å². The van der Waals surface area contributed by atoms with Gasteiger partial charge in [0.05, 0.1) is 18.1 Å². The lowest BCUT2D eigenvalue weighted by Crippen LogP contribution is -2.15. The van der Waals surface area contributed by atoms with Crippen LogP contribution in [0, 0.1) is 0 Å². The molecule has 0 aliphatic heterocycles. The summed E-state index contributed by atoms with van der Waals surface area (Å²) in [6, 6.07) is 7.67. The first-order valence-electron chi connectivity index (χ1n) is 6.75. The molecule has 0 saturated carbocycles. The lowest BCUT2D eigenvalue weighted by molar-refractivity contribution is 0.102. The van der Waals surface area contributed by atoms with Crippen molar-refractivity contribution >= 4 is 29.2 Å². The number of amides is 1. The predicted molar refractivity (Wildman–Crippen MR) is 87.0 cm³/mol. The van der Waals surface area contributed by atoms with Crippen molar-refractivity contribution < 1.29 is 4.79 Å². The van der Waals surface area contributed by atoms with Crippen LogP contribution in [0.4, 0.5) is 11.5 Å². The minimum Gasteiger partial charge on any atom is -0.369 e. The normalized spacial score (nSPS) is 10.2. The number of rotatable bonds is 6. The van der Waals surface area contributed by atoms with Gasteiger partial charge in [0, 0.05) is 11.4 Å². The number of benzene rings is 1. The summed E-state index contributed by atoms with van der Waals surface area (Å²) in [6.45, 7) is 2.87. The number of anilines is 2. The molecule has 1 heterocycles. The van der Waals surface area contributed by atoms with Gasteiger partial charge in [-0.1, -0.05) is 19.1 Å². The summed E-state index contributed by atoms with van der Waals surface area (Å²) in [6.07, 6.45) is 6.04. The third-order valence-corrected chi connectivity index (χ3v) is 3.57. The first-order valence-corrected chi connectivity index (χ1v) is 7.97. The van der Waals surface area contributed by atoms with E-state index in [1.54, 1.807) is 18.0 Å². The molecule has 0 radical (unpaired) electrons. The molecule has 0 aliphatic carbocycles. The number of nitrogens with zero attached hydrogens (tertiary/aromatic N) is 2. The number of para-hydroxylation sites is 1. The monoisotopic (exact) mass is 302 g/mol. The summed E-state index contributed by atoms with van der Waals surface area (Å²) in [5, 5.41) is 5.99. The van der Waals surface area contributed by atoms with E-state index in [9.17, 15) is 4.79 Å². The zero-order valence-corrected chi connectivity index (χ0v) is 12.9. The van der Waals surface area contributed by atoms with E-state index in [2.05, 4.69) is 27.5 Å². The van der Waals surface area contributed by atoms with Crippen molar-refractivity contribution in [3.05, 3.63) is 42.4 Å². The molecule has 0 atom stereocenters. The molecule has 0 saturated heterocycles. The highest BCUT2D eigenvalue weighted by Crippen LogP contribution is 2.24. The van der Waals surface area contributed by atoms with Crippen LogP contribution in [0.15, 0.2) is 41.6 Å². The van der Waals surface area contributed by atoms with Crippen molar-refractivity contribution in [1.82, 2.24) is 9.97 Å². The molecule has 110 valence electrons. The molecule has 0 aliphatic rings. The molecule has 21 heavy (non-hydrogen) atoms. The average Bonchev–Trinajstić information content (AvgIpc) is 2.53. The summed E-state index contributed by atoms with van der Waals surface area (Å²) in [4.78, 5) is 21.6. The summed E-state index contributed by atoms with van der Waals surface area (Å²) >= 11 is 1.58. The number of nitrogens with one attached hydrogen (secondary N) is 2. The van der Waals surface area contributed by atoms with Crippen LogP contribution >= 0.6 is 11.8 Å².